The van der Waals surface area contributed by atoms with Crippen molar-refractivity contribution in [1.82, 2.24) is 4.90 Å². The summed E-state index contributed by atoms with van der Waals surface area (Å²) < 4.78 is 0. The van der Waals surface area contributed by atoms with Crippen LogP contribution in [0.2, 0.25) is 0 Å². The van der Waals surface area contributed by atoms with Gasteiger partial charge in [0.2, 0.25) is 0 Å². The Balaban J connectivity index is 2.01. The molecule has 18 heavy (non-hydrogen) atoms. The average Bonchev–Trinajstić information content (AvgIpc) is 2.39. The lowest BCUT2D eigenvalue weighted by molar-refractivity contribution is -0.135. The van der Waals surface area contributed by atoms with Crippen molar-refractivity contribution in [1.29, 1.82) is 0 Å². The van der Waals surface area contributed by atoms with Gasteiger partial charge >= 0.3 is 0 Å². The number of rotatable bonds is 3. The van der Waals surface area contributed by atoms with Crippen molar-refractivity contribution in [3.8, 4) is 0 Å². The number of hydrogen-bond donors (Lipinski definition) is 0. The molecule has 2 nitrogen and oxygen atoms in total. The second-order valence-corrected chi connectivity index (χ2v) is 6.94. The monoisotopic (exact) mass is 251 g/mol. The predicted octanol–water partition coefficient (Wildman–Crippen LogP) is 3.65. The number of nitrogens with zero attached hydrogens (tertiary/aromatic N) is 1. The summed E-state index contributed by atoms with van der Waals surface area (Å²) >= 11 is 0. The standard InChI is InChI=1S/C16H29NO/c1-13-8-7-9-14(12-13)15(18)16(2,3)17-10-5-4-6-11-17/h13-14H,4-12H2,1-3H3. The van der Waals surface area contributed by atoms with Crippen LogP contribution in [0.5, 0.6) is 0 Å². The van der Waals surface area contributed by atoms with E-state index in [1.807, 2.05) is 0 Å². The zero-order valence-electron chi connectivity index (χ0n) is 12.4. The van der Waals surface area contributed by atoms with Crippen LogP contribution in [0.1, 0.15) is 65.7 Å². The molecule has 2 rings (SSSR count). The predicted molar refractivity (Wildman–Crippen MR) is 75.6 cm³/mol. The quantitative estimate of drug-likeness (QED) is 0.763. The highest BCUT2D eigenvalue weighted by Gasteiger charge is 2.39. The minimum atomic E-state index is -0.234. The van der Waals surface area contributed by atoms with E-state index >= 15 is 0 Å². The maximum absolute atomic E-state index is 12.8. The molecule has 0 aromatic carbocycles. The van der Waals surface area contributed by atoms with Gasteiger partial charge in [0, 0.05) is 5.92 Å². The minimum absolute atomic E-state index is 0.234. The maximum Gasteiger partial charge on any atom is 0.155 e. The molecule has 0 aromatic rings. The highest BCUT2D eigenvalue weighted by Crippen LogP contribution is 2.34. The SMILES string of the molecule is CC1CCCC(C(=O)C(C)(C)N2CCCCC2)C1. The Morgan fingerprint density at radius 3 is 2.33 bits per heavy atom. The van der Waals surface area contributed by atoms with Crippen LogP contribution in [-0.4, -0.2) is 29.3 Å². The van der Waals surface area contributed by atoms with Crippen LogP contribution in [0.25, 0.3) is 0 Å². The van der Waals surface area contributed by atoms with Crippen molar-refractivity contribution in [2.75, 3.05) is 13.1 Å². The van der Waals surface area contributed by atoms with Crippen LogP contribution in [-0.2, 0) is 4.79 Å². The smallest absolute Gasteiger partial charge is 0.155 e. The summed E-state index contributed by atoms with van der Waals surface area (Å²) in [4.78, 5) is 15.3. The van der Waals surface area contributed by atoms with Gasteiger partial charge in [-0.1, -0.05) is 26.2 Å². The number of likely N-dealkylation sites (tertiary alicyclic amines) is 1. The highest BCUT2D eigenvalue weighted by atomic mass is 16.1. The zero-order valence-corrected chi connectivity index (χ0v) is 12.4. The van der Waals surface area contributed by atoms with Gasteiger partial charge in [0.05, 0.1) is 5.54 Å². The second kappa shape index (κ2) is 5.73. The fraction of sp³-hybridized carbons (Fsp3) is 0.938. The Labute approximate surface area is 112 Å². The molecule has 104 valence electrons. The number of carbonyl (C=O) groups is 1. The zero-order chi connectivity index (χ0) is 13.2. The van der Waals surface area contributed by atoms with Crippen LogP contribution in [0, 0.1) is 11.8 Å². The Morgan fingerprint density at radius 2 is 1.72 bits per heavy atom. The summed E-state index contributed by atoms with van der Waals surface area (Å²) in [5.74, 6) is 1.58. The molecule has 0 spiro atoms. The first-order chi connectivity index (χ1) is 8.51. The molecule has 2 aliphatic rings. The van der Waals surface area contributed by atoms with E-state index < -0.39 is 0 Å². The Bertz CT molecular complexity index is 291. The summed E-state index contributed by atoms with van der Waals surface area (Å²) in [6.45, 7) is 8.83. The highest BCUT2D eigenvalue weighted by molar-refractivity contribution is 5.89. The van der Waals surface area contributed by atoms with E-state index in [9.17, 15) is 4.79 Å². The topological polar surface area (TPSA) is 20.3 Å². The molecule has 2 unspecified atom stereocenters. The largest absolute Gasteiger partial charge is 0.297 e. The van der Waals surface area contributed by atoms with Crippen molar-refractivity contribution in [3.05, 3.63) is 0 Å². The third-order valence-corrected chi connectivity index (χ3v) is 5.06. The van der Waals surface area contributed by atoms with Crippen molar-refractivity contribution in [2.24, 2.45) is 11.8 Å². The second-order valence-electron chi connectivity index (χ2n) is 6.94. The lowest BCUT2D eigenvalue weighted by Gasteiger charge is -2.42. The molecule has 1 heterocycles. The van der Waals surface area contributed by atoms with Crippen LogP contribution in [0.15, 0.2) is 0 Å². The molecule has 1 aliphatic heterocycles. The number of hydrogen-bond acceptors (Lipinski definition) is 2. The van der Waals surface area contributed by atoms with Gasteiger partial charge in [0.1, 0.15) is 0 Å². The number of carbonyl (C=O) groups excluding carboxylic acids is 1. The molecule has 2 heteroatoms. The van der Waals surface area contributed by atoms with Gasteiger partial charge in [0.15, 0.2) is 5.78 Å². The molecular weight excluding hydrogens is 222 g/mol. The molecule has 1 saturated carbocycles. The van der Waals surface area contributed by atoms with E-state index in [1.54, 1.807) is 0 Å². The third kappa shape index (κ3) is 2.96. The molecule has 0 aromatic heterocycles. The summed E-state index contributed by atoms with van der Waals surface area (Å²) in [6.07, 6.45) is 8.66. The first kappa shape index (κ1) is 14.0. The minimum Gasteiger partial charge on any atom is -0.297 e. The van der Waals surface area contributed by atoms with Crippen LogP contribution in [0.3, 0.4) is 0 Å². The molecule has 0 radical (unpaired) electrons. The third-order valence-electron chi connectivity index (χ3n) is 5.06. The van der Waals surface area contributed by atoms with Gasteiger partial charge in [-0.15, -0.1) is 0 Å². The summed E-state index contributed by atoms with van der Waals surface area (Å²) in [5.41, 5.74) is -0.234. The Kier molecular flexibility index (Phi) is 4.47. The van der Waals surface area contributed by atoms with Gasteiger partial charge in [-0.3, -0.25) is 9.69 Å². The summed E-state index contributed by atoms with van der Waals surface area (Å²) in [5, 5.41) is 0. The van der Waals surface area contributed by atoms with Gasteiger partial charge < -0.3 is 0 Å². The van der Waals surface area contributed by atoms with E-state index in [-0.39, 0.29) is 5.54 Å². The van der Waals surface area contributed by atoms with E-state index in [1.165, 1.54) is 32.1 Å². The van der Waals surface area contributed by atoms with E-state index in [4.69, 9.17) is 0 Å². The van der Waals surface area contributed by atoms with Crippen molar-refractivity contribution < 1.29 is 4.79 Å². The van der Waals surface area contributed by atoms with Gasteiger partial charge in [0.25, 0.3) is 0 Å². The summed E-state index contributed by atoms with van der Waals surface area (Å²) in [7, 11) is 0. The van der Waals surface area contributed by atoms with Gasteiger partial charge in [-0.25, -0.2) is 0 Å². The first-order valence-electron chi connectivity index (χ1n) is 7.81. The first-order valence-corrected chi connectivity index (χ1v) is 7.81. The van der Waals surface area contributed by atoms with Crippen LogP contribution < -0.4 is 0 Å². The lowest BCUT2D eigenvalue weighted by atomic mass is 9.75. The van der Waals surface area contributed by atoms with Crippen molar-refractivity contribution in [3.63, 3.8) is 0 Å². The number of Topliss-reactive ketones (excluding diaryl/α,β-unsaturated/α-hetero) is 1. The molecule has 0 amide bonds. The molecular formula is C16H29NO. The van der Waals surface area contributed by atoms with E-state index in [0.717, 1.165) is 31.8 Å². The Morgan fingerprint density at radius 1 is 1.06 bits per heavy atom. The normalized spacial score (nSPS) is 31.3. The van der Waals surface area contributed by atoms with E-state index in [0.29, 0.717) is 11.7 Å². The fourth-order valence-electron chi connectivity index (χ4n) is 3.78. The molecule has 0 bridgehead atoms. The van der Waals surface area contributed by atoms with Crippen LogP contribution >= 0.6 is 0 Å². The average molecular weight is 251 g/mol. The van der Waals surface area contributed by atoms with Crippen molar-refractivity contribution >= 4 is 5.78 Å². The van der Waals surface area contributed by atoms with Gasteiger partial charge in [-0.05, 0) is 58.5 Å². The van der Waals surface area contributed by atoms with Crippen LogP contribution in [0.4, 0.5) is 0 Å². The molecule has 1 saturated heterocycles. The molecule has 2 atom stereocenters. The number of piperidine rings is 1. The lowest BCUT2D eigenvalue weighted by Crippen LogP contribution is -2.54. The maximum atomic E-state index is 12.8. The molecule has 2 fully saturated rings. The van der Waals surface area contributed by atoms with E-state index in [2.05, 4.69) is 25.7 Å². The number of ketones is 1. The molecule has 1 aliphatic carbocycles. The fourth-order valence-corrected chi connectivity index (χ4v) is 3.78. The Hall–Kier alpha value is -0.370. The molecule has 0 N–H and O–H groups in total. The van der Waals surface area contributed by atoms with Gasteiger partial charge in [-0.2, -0.15) is 0 Å². The summed E-state index contributed by atoms with van der Waals surface area (Å²) in [6, 6.07) is 0. The van der Waals surface area contributed by atoms with Crippen molar-refractivity contribution in [2.45, 2.75) is 71.3 Å².